The third-order valence-corrected chi connectivity index (χ3v) is 2.28. The zero-order valence-electron chi connectivity index (χ0n) is 9.47. The number of carboxylic acid groups (broad SMARTS) is 1. The molecule has 0 saturated heterocycles. The smallest absolute Gasteiger partial charge is 0.342 e. The van der Waals surface area contributed by atoms with Gasteiger partial charge in [-0.3, -0.25) is 10.1 Å². The number of unbranched alkanes of at least 4 members (excludes halogenated alkanes) is 1. The standard InChI is InChI=1S/C11H14N2O4/c1-2-3-6-12-8-4-5-9(11(14)15)10(7-8)13(16)17/h4-5,7,12H,2-3,6H2,1H3,(H,14,15). The van der Waals surface area contributed by atoms with Gasteiger partial charge in [-0.2, -0.15) is 0 Å². The summed E-state index contributed by atoms with van der Waals surface area (Å²) < 4.78 is 0. The molecule has 0 atom stereocenters. The molecule has 6 nitrogen and oxygen atoms in total. The van der Waals surface area contributed by atoms with Crippen LogP contribution < -0.4 is 5.32 Å². The number of nitro groups is 1. The molecule has 0 unspecified atom stereocenters. The van der Waals surface area contributed by atoms with E-state index in [0.29, 0.717) is 12.2 Å². The molecule has 0 saturated carbocycles. The maximum atomic E-state index is 10.8. The second kappa shape index (κ2) is 5.83. The van der Waals surface area contributed by atoms with Crippen LogP contribution >= 0.6 is 0 Å². The van der Waals surface area contributed by atoms with Crippen molar-refractivity contribution >= 4 is 17.3 Å². The Morgan fingerprint density at radius 3 is 2.76 bits per heavy atom. The highest BCUT2D eigenvalue weighted by molar-refractivity contribution is 5.93. The highest BCUT2D eigenvalue weighted by atomic mass is 16.6. The summed E-state index contributed by atoms with van der Waals surface area (Å²) in [7, 11) is 0. The first-order valence-corrected chi connectivity index (χ1v) is 5.32. The Morgan fingerprint density at radius 1 is 1.53 bits per heavy atom. The number of nitro benzene ring substituents is 1. The second-order valence-corrected chi connectivity index (χ2v) is 3.57. The summed E-state index contributed by atoms with van der Waals surface area (Å²) in [5.41, 5.74) is -0.120. The minimum atomic E-state index is -1.29. The van der Waals surface area contributed by atoms with Crippen LogP contribution in [0.25, 0.3) is 0 Å². The van der Waals surface area contributed by atoms with Crippen LogP contribution in [0.3, 0.4) is 0 Å². The van der Waals surface area contributed by atoms with Crippen molar-refractivity contribution in [2.75, 3.05) is 11.9 Å². The Bertz CT molecular complexity index is 431. The average Bonchev–Trinajstić information content (AvgIpc) is 2.29. The molecule has 6 heteroatoms. The number of carbonyl (C=O) groups is 1. The van der Waals surface area contributed by atoms with Gasteiger partial charge in [-0.25, -0.2) is 4.79 Å². The number of anilines is 1. The molecule has 0 fully saturated rings. The first kappa shape index (κ1) is 13.0. The van der Waals surface area contributed by atoms with Gasteiger partial charge in [-0.05, 0) is 18.6 Å². The number of carboxylic acids is 1. The lowest BCUT2D eigenvalue weighted by molar-refractivity contribution is -0.385. The summed E-state index contributed by atoms with van der Waals surface area (Å²) in [6.07, 6.45) is 1.97. The van der Waals surface area contributed by atoms with E-state index >= 15 is 0 Å². The Labute approximate surface area is 98.4 Å². The molecule has 92 valence electrons. The van der Waals surface area contributed by atoms with E-state index in [1.54, 1.807) is 0 Å². The van der Waals surface area contributed by atoms with Crippen LogP contribution in [-0.2, 0) is 0 Å². The summed E-state index contributed by atoms with van der Waals surface area (Å²) in [5, 5.41) is 22.5. The zero-order chi connectivity index (χ0) is 12.8. The molecule has 0 amide bonds. The normalized spacial score (nSPS) is 9.94. The largest absolute Gasteiger partial charge is 0.477 e. The molecule has 0 bridgehead atoms. The van der Waals surface area contributed by atoms with Crippen LogP contribution in [0, 0.1) is 10.1 Å². The Hall–Kier alpha value is -2.11. The quantitative estimate of drug-likeness (QED) is 0.451. The van der Waals surface area contributed by atoms with Gasteiger partial charge in [0.05, 0.1) is 4.92 Å². The number of nitrogens with zero attached hydrogens (tertiary/aromatic N) is 1. The lowest BCUT2D eigenvalue weighted by Crippen LogP contribution is -2.05. The molecule has 1 aromatic carbocycles. The summed E-state index contributed by atoms with van der Waals surface area (Å²) in [4.78, 5) is 20.8. The van der Waals surface area contributed by atoms with Crippen molar-refractivity contribution in [3.8, 4) is 0 Å². The van der Waals surface area contributed by atoms with Crippen molar-refractivity contribution in [1.82, 2.24) is 0 Å². The van der Waals surface area contributed by atoms with Gasteiger partial charge in [0.1, 0.15) is 5.56 Å². The SMILES string of the molecule is CCCCNc1ccc(C(=O)O)c([N+](=O)[O-])c1. The number of aromatic carboxylic acids is 1. The number of nitrogens with one attached hydrogen (secondary N) is 1. The molecule has 0 radical (unpaired) electrons. The molecule has 0 aromatic heterocycles. The minimum absolute atomic E-state index is 0.295. The number of rotatable bonds is 6. The maximum Gasteiger partial charge on any atom is 0.342 e. The van der Waals surface area contributed by atoms with Crippen LogP contribution in [0.2, 0.25) is 0 Å². The highest BCUT2D eigenvalue weighted by Gasteiger charge is 2.19. The third-order valence-electron chi connectivity index (χ3n) is 2.28. The van der Waals surface area contributed by atoms with E-state index in [0.717, 1.165) is 12.8 Å². The van der Waals surface area contributed by atoms with E-state index in [4.69, 9.17) is 5.11 Å². The number of benzene rings is 1. The summed E-state index contributed by atoms with van der Waals surface area (Å²) in [6.45, 7) is 2.75. The van der Waals surface area contributed by atoms with Crippen LogP contribution in [0.15, 0.2) is 18.2 Å². The molecule has 0 spiro atoms. The molecule has 0 heterocycles. The van der Waals surface area contributed by atoms with Crippen molar-refractivity contribution in [1.29, 1.82) is 0 Å². The van der Waals surface area contributed by atoms with Gasteiger partial charge in [0, 0.05) is 18.3 Å². The molecular formula is C11H14N2O4. The average molecular weight is 238 g/mol. The van der Waals surface area contributed by atoms with E-state index < -0.39 is 10.9 Å². The lowest BCUT2D eigenvalue weighted by atomic mass is 10.1. The number of hydrogen-bond donors (Lipinski definition) is 2. The highest BCUT2D eigenvalue weighted by Crippen LogP contribution is 2.23. The van der Waals surface area contributed by atoms with Crippen molar-refractivity contribution < 1.29 is 14.8 Å². The molecule has 0 aliphatic carbocycles. The molecule has 2 N–H and O–H groups in total. The topological polar surface area (TPSA) is 92.5 Å². The fraction of sp³-hybridized carbons (Fsp3) is 0.364. The van der Waals surface area contributed by atoms with Crippen LogP contribution in [0.5, 0.6) is 0 Å². The summed E-state index contributed by atoms with van der Waals surface area (Å²) in [5.74, 6) is -1.29. The van der Waals surface area contributed by atoms with Crippen molar-refractivity contribution in [3.05, 3.63) is 33.9 Å². The first-order valence-electron chi connectivity index (χ1n) is 5.32. The zero-order valence-corrected chi connectivity index (χ0v) is 9.47. The predicted molar refractivity (Wildman–Crippen MR) is 63.5 cm³/mol. The van der Waals surface area contributed by atoms with Crippen LogP contribution in [0.1, 0.15) is 30.1 Å². The monoisotopic (exact) mass is 238 g/mol. The van der Waals surface area contributed by atoms with Gasteiger partial charge >= 0.3 is 5.97 Å². The second-order valence-electron chi connectivity index (χ2n) is 3.57. The maximum absolute atomic E-state index is 10.8. The van der Waals surface area contributed by atoms with Gasteiger partial charge < -0.3 is 10.4 Å². The molecule has 1 rings (SSSR count). The Morgan fingerprint density at radius 2 is 2.24 bits per heavy atom. The number of hydrogen-bond acceptors (Lipinski definition) is 4. The molecular weight excluding hydrogens is 224 g/mol. The molecule has 17 heavy (non-hydrogen) atoms. The van der Waals surface area contributed by atoms with Gasteiger partial charge in [-0.1, -0.05) is 13.3 Å². The molecule has 0 aliphatic rings. The van der Waals surface area contributed by atoms with Crippen molar-refractivity contribution in [3.63, 3.8) is 0 Å². The van der Waals surface area contributed by atoms with Crippen molar-refractivity contribution in [2.45, 2.75) is 19.8 Å². The van der Waals surface area contributed by atoms with Gasteiger partial charge in [0.25, 0.3) is 5.69 Å². The van der Waals surface area contributed by atoms with E-state index in [-0.39, 0.29) is 11.3 Å². The van der Waals surface area contributed by atoms with Gasteiger partial charge in [-0.15, -0.1) is 0 Å². The Kier molecular flexibility index (Phi) is 4.45. The van der Waals surface area contributed by atoms with E-state index in [1.165, 1.54) is 18.2 Å². The minimum Gasteiger partial charge on any atom is -0.477 e. The fourth-order valence-electron chi connectivity index (χ4n) is 1.38. The van der Waals surface area contributed by atoms with Crippen molar-refractivity contribution in [2.24, 2.45) is 0 Å². The Balaban J connectivity index is 2.94. The predicted octanol–water partition coefficient (Wildman–Crippen LogP) is 2.50. The molecule has 1 aromatic rings. The third kappa shape index (κ3) is 3.44. The van der Waals surface area contributed by atoms with E-state index in [2.05, 4.69) is 5.32 Å². The first-order chi connectivity index (χ1) is 8.06. The van der Waals surface area contributed by atoms with Gasteiger partial charge in [0.15, 0.2) is 0 Å². The van der Waals surface area contributed by atoms with Crippen LogP contribution in [0.4, 0.5) is 11.4 Å². The van der Waals surface area contributed by atoms with E-state index in [1.807, 2.05) is 6.92 Å². The summed E-state index contributed by atoms with van der Waals surface area (Å²) in [6, 6.07) is 4.03. The fourth-order valence-corrected chi connectivity index (χ4v) is 1.38. The van der Waals surface area contributed by atoms with Gasteiger partial charge in [0.2, 0.25) is 0 Å². The van der Waals surface area contributed by atoms with Crippen LogP contribution in [-0.4, -0.2) is 22.5 Å². The molecule has 0 aliphatic heterocycles. The van der Waals surface area contributed by atoms with E-state index in [9.17, 15) is 14.9 Å². The lowest BCUT2D eigenvalue weighted by Gasteiger charge is -2.06. The summed E-state index contributed by atoms with van der Waals surface area (Å²) >= 11 is 0.